The summed E-state index contributed by atoms with van der Waals surface area (Å²) in [5, 5.41) is 10.5. The number of halogens is 1. The third-order valence-electron chi connectivity index (χ3n) is 3.57. The molecule has 1 atom stereocenters. The first-order valence-corrected chi connectivity index (χ1v) is 6.85. The number of rotatable bonds is 4. The Morgan fingerprint density at radius 3 is 2.15 bits per heavy atom. The topological polar surface area (TPSA) is 27.0 Å². The van der Waals surface area contributed by atoms with Crippen molar-refractivity contribution in [3.8, 4) is 6.07 Å². The SMILES string of the molecule is CN(C)C(C#N)(Cc1ccccc1)c1ccc(Cl)cc1. The van der Waals surface area contributed by atoms with Gasteiger partial charge in [0.25, 0.3) is 0 Å². The zero-order valence-electron chi connectivity index (χ0n) is 11.7. The van der Waals surface area contributed by atoms with Gasteiger partial charge in [-0.1, -0.05) is 54.1 Å². The van der Waals surface area contributed by atoms with Crippen LogP contribution in [0.25, 0.3) is 0 Å². The van der Waals surface area contributed by atoms with Gasteiger partial charge in [-0.15, -0.1) is 0 Å². The summed E-state index contributed by atoms with van der Waals surface area (Å²) in [5.41, 5.74) is 1.40. The molecule has 0 aliphatic rings. The maximum absolute atomic E-state index is 9.81. The second-order valence-corrected chi connectivity index (χ2v) is 5.47. The lowest BCUT2D eigenvalue weighted by Gasteiger charge is -2.34. The fraction of sp³-hybridized carbons (Fsp3) is 0.235. The van der Waals surface area contributed by atoms with Gasteiger partial charge in [0.1, 0.15) is 5.54 Å². The van der Waals surface area contributed by atoms with Crippen LogP contribution in [-0.4, -0.2) is 19.0 Å². The van der Waals surface area contributed by atoms with Gasteiger partial charge in [-0.3, -0.25) is 4.90 Å². The number of nitrogens with zero attached hydrogens (tertiary/aromatic N) is 2. The van der Waals surface area contributed by atoms with E-state index < -0.39 is 5.54 Å². The molecule has 3 heteroatoms. The normalized spacial score (nSPS) is 13.8. The van der Waals surface area contributed by atoms with Crippen LogP contribution < -0.4 is 0 Å². The second-order valence-electron chi connectivity index (χ2n) is 5.04. The molecule has 0 bridgehead atoms. The van der Waals surface area contributed by atoms with Gasteiger partial charge in [0.15, 0.2) is 0 Å². The van der Waals surface area contributed by atoms with E-state index in [4.69, 9.17) is 11.6 Å². The van der Waals surface area contributed by atoms with Crippen LogP contribution in [0.3, 0.4) is 0 Å². The van der Waals surface area contributed by atoms with Crippen molar-refractivity contribution < 1.29 is 0 Å². The quantitative estimate of drug-likeness (QED) is 0.852. The maximum Gasteiger partial charge on any atom is 0.138 e. The zero-order chi connectivity index (χ0) is 14.6. The molecule has 102 valence electrons. The van der Waals surface area contributed by atoms with Crippen LogP contribution in [0.4, 0.5) is 0 Å². The van der Waals surface area contributed by atoms with Gasteiger partial charge < -0.3 is 0 Å². The van der Waals surface area contributed by atoms with E-state index in [0.717, 1.165) is 11.1 Å². The average Bonchev–Trinajstić information content (AvgIpc) is 2.46. The minimum atomic E-state index is -0.689. The number of likely N-dealkylation sites (N-methyl/N-ethyl adjacent to an activating group) is 1. The molecule has 0 aliphatic carbocycles. The standard InChI is InChI=1S/C17H17ClN2/c1-20(2)17(13-19,12-14-6-4-3-5-7-14)15-8-10-16(18)11-9-15/h3-11H,12H2,1-2H3. The van der Waals surface area contributed by atoms with Crippen LogP contribution in [0, 0.1) is 11.3 Å². The van der Waals surface area contributed by atoms with Crippen molar-refractivity contribution in [2.24, 2.45) is 0 Å². The molecule has 1 unspecified atom stereocenters. The van der Waals surface area contributed by atoms with E-state index in [-0.39, 0.29) is 0 Å². The van der Waals surface area contributed by atoms with Crippen molar-refractivity contribution in [3.63, 3.8) is 0 Å². The lowest BCUT2D eigenvalue weighted by molar-refractivity contribution is 0.217. The molecule has 20 heavy (non-hydrogen) atoms. The summed E-state index contributed by atoms with van der Waals surface area (Å²) in [6.45, 7) is 0. The molecule has 0 spiro atoms. The largest absolute Gasteiger partial charge is 0.288 e. The van der Waals surface area contributed by atoms with Crippen LogP contribution in [-0.2, 0) is 12.0 Å². The molecule has 2 aromatic carbocycles. The van der Waals surface area contributed by atoms with E-state index >= 15 is 0 Å². The molecule has 0 aliphatic heterocycles. The molecule has 2 rings (SSSR count). The minimum Gasteiger partial charge on any atom is -0.288 e. The number of hydrogen-bond donors (Lipinski definition) is 0. The molecule has 0 amide bonds. The van der Waals surface area contributed by atoms with Gasteiger partial charge in [-0.2, -0.15) is 5.26 Å². The van der Waals surface area contributed by atoms with E-state index in [2.05, 4.69) is 6.07 Å². The Bertz CT molecular complexity index is 599. The second kappa shape index (κ2) is 6.09. The molecule has 0 heterocycles. The van der Waals surface area contributed by atoms with Crippen molar-refractivity contribution in [2.45, 2.75) is 12.0 Å². The Morgan fingerprint density at radius 1 is 1.05 bits per heavy atom. The Balaban J connectivity index is 2.46. The summed E-state index contributed by atoms with van der Waals surface area (Å²) >= 11 is 5.95. The Kier molecular flexibility index (Phi) is 4.44. The molecule has 0 radical (unpaired) electrons. The third-order valence-corrected chi connectivity index (χ3v) is 3.82. The van der Waals surface area contributed by atoms with Crippen LogP contribution in [0.15, 0.2) is 54.6 Å². The van der Waals surface area contributed by atoms with Crippen LogP contribution in [0.1, 0.15) is 11.1 Å². The summed E-state index contributed by atoms with van der Waals surface area (Å²) < 4.78 is 0. The first-order valence-electron chi connectivity index (χ1n) is 6.47. The van der Waals surface area contributed by atoms with Gasteiger partial charge in [-0.05, 0) is 37.4 Å². The van der Waals surface area contributed by atoms with E-state index in [0.29, 0.717) is 11.4 Å². The molecule has 0 saturated carbocycles. The highest BCUT2D eigenvalue weighted by molar-refractivity contribution is 6.30. The highest BCUT2D eigenvalue weighted by atomic mass is 35.5. The van der Waals surface area contributed by atoms with Crippen LogP contribution in [0.5, 0.6) is 0 Å². The monoisotopic (exact) mass is 284 g/mol. The first kappa shape index (κ1) is 14.6. The van der Waals surface area contributed by atoms with Crippen LogP contribution >= 0.6 is 11.6 Å². The van der Waals surface area contributed by atoms with E-state index in [1.165, 1.54) is 0 Å². The van der Waals surface area contributed by atoms with Crippen molar-refractivity contribution in [1.82, 2.24) is 4.90 Å². The summed E-state index contributed by atoms with van der Waals surface area (Å²) in [6, 6.07) is 20.1. The summed E-state index contributed by atoms with van der Waals surface area (Å²) in [5.74, 6) is 0. The van der Waals surface area contributed by atoms with Gasteiger partial charge >= 0.3 is 0 Å². The lowest BCUT2D eigenvalue weighted by Crippen LogP contribution is -2.42. The summed E-state index contributed by atoms with van der Waals surface area (Å²) in [6.07, 6.45) is 0.638. The summed E-state index contributed by atoms with van der Waals surface area (Å²) in [7, 11) is 3.86. The zero-order valence-corrected chi connectivity index (χ0v) is 12.4. The fourth-order valence-corrected chi connectivity index (χ4v) is 2.47. The minimum absolute atomic E-state index is 0.638. The number of hydrogen-bond acceptors (Lipinski definition) is 2. The molecule has 0 saturated heterocycles. The summed E-state index contributed by atoms with van der Waals surface area (Å²) in [4.78, 5) is 1.96. The van der Waals surface area contributed by atoms with Crippen molar-refractivity contribution in [1.29, 1.82) is 5.26 Å². The van der Waals surface area contributed by atoms with Crippen molar-refractivity contribution in [3.05, 3.63) is 70.7 Å². The highest BCUT2D eigenvalue weighted by Gasteiger charge is 2.35. The lowest BCUT2D eigenvalue weighted by atomic mass is 9.84. The van der Waals surface area contributed by atoms with Gasteiger partial charge in [0.05, 0.1) is 6.07 Å². The predicted molar refractivity (Wildman–Crippen MR) is 82.6 cm³/mol. The molecular weight excluding hydrogens is 268 g/mol. The molecule has 0 N–H and O–H groups in total. The smallest absolute Gasteiger partial charge is 0.138 e. The van der Waals surface area contributed by atoms with Gasteiger partial charge in [-0.25, -0.2) is 0 Å². The van der Waals surface area contributed by atoms with E-state index in [9.17, 15) is 5.26 Å². The van der Waals surface area contributed by atoms with E-state index in [1.807, 2.05) is 73.6 Å². The van der Waals surface area contributed by atoms with Gasteiger partial charge in [0.2, 0.25) is 0 Å². The Morgan fingerprint density at radius 2 is 1.65 bits per heavy atom. The molecule has 2 nitrogen and oxygen atoms in total. The Labute approximate surface area is 125 Å². The van der Waals surface area contributed by atoms with Crippen molar-refractivity contribution in [2.75, 3.05) is 14.1 Å². The molecular formula is C17H17ClN2. The third kappa shape index (κ3) is 2.85. The molecule has 0 fully saturated rings. The van der Waals surface area contributed by atoms with E-state index in [1.54, 1.807) is 0 Å². The first-order chi connectivity index (χ1) is 9.58. The fourth-order valence-electron chi connectivity index (χ4n) is 2.34. The maximum atomic E-state index is 9.81. The van der Waals surface area contributed by atoms with Crippen LogP contribution in [0.2, 0.25) is 5.02 Å². The highest BCUT2D eigenvalue weighted by Crippen LogP contribution is 2.31. The Hall–Kier alpha value is -1.82. The number of nitriles is 1. The van der Waals surface area contributed by atoms with Gasteiger partial charge in [0, 0.05) is 11.4 Å². The predicted octanol–water partition coefficient (Wildman–Crippen LogP) is 3.86. The number of benzene rings is 2. The molecule has 0 aromatic heterocycles. The van der Waals surface area contributed by atoms with Crippen molar-refractivity contribution >= 4 is 11.6 Å². The average molecular weight is 285 g/mol. The molecule has 2 aromatic rings.